The van der Waals surface area contributed by atoms with Crippen LogP contribution in [0, 0.1) is 6.92 Å². The molecule has 0 atom stereocenters. The van der Waals surface area contributed by atoms with Crippen LogP contribution in [0.1, 0.15) is 11.1 Å². The van der Waals surface area contributed by atoms with Crippen molar-refractivity contribution in [3.8, 4) is 0 Å². The summed E-state index contributed by atoms with van der Waals surface area (Å²) >= 11 is 11.7. The van der Waals surface area contributed by atoms with Crippen molar-refractivity contribution >= 4 is 28.9 Å². The van der Waals surface area contributed by atoms with Gasteiger partial charge in [0.2, 0.25) is 0 Å². The summed E-state index contributed by atoms with van der Waals surface area (Å²) < 4.78 is 0. The summed E-state index contributed by atoms with van der Waals surface area (Å²) in [7, 11) is 0. The van der Waals surface area contributed by atoms with E-state index >= 15 is 0 Å². The molecule has 0 unspecified atom stereocenters. The van der Waals surface area contributed by atoms with Gasteiger partial charge in [-0.1, -0.05) is 47.5 Å². The molecule has 2 rings (SSSR count). The molecule has 0 amide bonds. The second-order valence-corrected chi connectivity index (χ2v) is 4.72. The Labute approximate surface area is 116 Å². The van der Waals surface area contributed by atoms with Crippen LogP contribution in [0.5, 0.6) is 0 Å². The van der Waals surface area contributed by atoms with E-state index in [9.17, 15) is 0 Å². The minimum Gasteiger partial charge on any atom is -0.382 e. The molecule has 18 heavy (non-hydrogen) atoms. The van der Waals surface area contributed by atoms with Crippen LogP contribution >= 0.6 is 23.2 Å². The van der Waals surface area contributed by atoms with Gasteiger partial charge in [-0.2, -0.15) is 0 Å². The first-order valence-corrected chi connectivity index (χ1v) is 6.39. The van der Waals surface area contributed by atoms with Gasteiger partial charge in [0.15, 0.2) is 10.3 Å². The summed E-state index contributed by atoms with van der Waals surface area (Å²) in [6.45, 7) is 2.87. The number of anilines is 1. The molecule has 94 valence electrons. The number of aromatic nitrogens is 2. The number of aryl methyl sites for hydroxylation is 1. The van der Waals surface area contributed by atoms with Gasteiger partial charge in [-0.25, -0.2) is 0 Å². The molecule has 0 radical (unpaired) electrons. The number of hydrogen-bond acceptors (Lipinski definition) is 3. The predicted molar refractivity (Wildman–Crippen MR) is 75.4 cm³/mol. The van der Waals surface area contributed by atoms with Gasteiger partial charge in [-0.3, -0.25) is 0 Å². The normalized spacial score (nSPS) is 10.4. The predicted octanol–water partition coefficient (Wildman–Crippen LogP) is 3.75. The van der Waals surface area contributed by atoms with Crippen molar-refractivity contribution in [2.75, 3.05) is 11.9 Å². The minimum absolute atomic E-state index is 0.331. The smallest absolute Gasteiger partial charge is 0.174 e. The molecule has 2 aromatic rings. The van der Waals surface area contributed by atoms with E-state index in [1.807, 2.05) is 12.1 Å². The van der Waals surface area contributed by atoms with Crippen LogP contribution < -0.4 is 5.32 Å². The molecule has 0 saturated heterocycles. The van der Waals surface area contributed by atoms with Crippen LogP contribution in [0.3, 0.4) is 0 Å². The molecule has 1 heterocycles. The summed E-state index contributed by atoms with van der Waals surface area (Å²) in [5.41, 5.74) is 3.32. The van der Waals surface area contributed by atoms with Crippen molar-refractivity contribution in [1.82, 2.24) is 10.2 Å². The number of halogens is 2. The van der Waals surface area contributed by atoms with Gasteiger partial charge >= 0.3 is 0 Å². The second kappa shape index (κ2) is 6.03. The van der Waals surface area contributed by atoms with Crippen molar-refractivity contribution in [2.45, 2.75) is 13.3 Å². The summed E-state index contributed by atoms with van der Waals surface area (Å²) in [5.74, 6) is 0. The van der Waals surface area contributed by atoms with Crippen molar-refractivity contribution in [2.24, 2.45) is 0 Å². The lowest BCUT2D eigenvalue weighted by atomic mass is 10.1. The third-order valence-corrected chi connectivity index (χ3v) is 3.15. The Hall–Kier alpha value is -1.32. The van der Waals surface area contributed by atoms with E-state index in [1.165, 1.54) is 11.1 Å². The highest BCUT2D eigenvalue weighted by Crippen LogP contribution is 2.20. The largest absolute Gasteiger partial charge is 0.382 e. The van der Waals surface area contributed by atoms with Gasteiger partial charge in [-0.05, 0) is 24.5 Å². The Bertz CT molecular complexity index is 544. The van der Waals surface area contributed by atoms with Gasteiger partial charge in [0.1, 0.15) is 0 Å². The first-order chi connectivity index (χ1) is 8.66. The van der Waals surface area contributed by atoms with E-state index in [0.29, 0.717) is 16.0 Å². The molecule has 0 saturated carbocycles. The lowest BCUT2D eigenvalue weighted by Crippen LogP contribution is -2.07. The molecule has 0 aliphatic rings. The maximum absolute atomic E-state index is 5.91. The lowest BCUT2D eigenvalue weighted by molar-refractivity contribution is 0.985. The molecule has 0 aliphatic carbocycles. The fraction of sp³-hybridized carbons (Fsp3) is 0.231. The molecular formula is C13H13Cl2N3. The van der Waals surface area contributed by atoms with E-state index in [1.54, 1.807) is 6.07 Å². The highest BCUT2D eigenvalue weighted by Gasteiger charge is 2.03. The summed E-state index contributed by atoms with van der Waals surface area (Å²) in [4.78, 5) is 0. The third-order valence-electron chi connectivity index (χ3n) is 2.69. The molecule has 3 nitrogen and oxygen atoms in total. The lowest BCUT2D eigenvalue weighted by Gasteiger charge is -2.09. The molecule has 1 N–H and O–H groups in total. The number of rotatable bonds is 4. The Morgan fingerprint density at radius 2 is 1.94 bits per heavy atom. The number of benzene rings is 1. The third kappa shape index (κ3) is 3.34. The average molecular weight is 282 g/mol. The van der Waals surface area contributed by atoms with Crippen LogP contribution in [0.2, 0.25) is 10.3 Å². The van der Waals surface area contributed by atoms with Crippen LogP contribution in [-0.2, 0) is 6.42 Å². The molecule has 0 bridgehead atoms. The monoisotopic (exact) mass is 281 g/mol. The van der Waals surface area contributed by atoms with Crippen molar-refractivity contribution in [1.29, 1.82) is 0 Å². The Balaban J connectivity index is 1.96. The molecule has 5 heteroatoms. The number of hydrogen-bond donors (Lipinski definition) is 1. The van der Waals surface area contributed by atoms with Gasteiger partial charge < -0.3 is 5.32 Å². The zero-order valence-electron chi connectivity index (χ0n) is 9.95. The van der Waals surface area contributed by atoms with Gasteiger partial charge in [0.25, 0.3) is 0 Å². The van der Waals surface area contributed by atoms with Crippen LogP contribution in [0.15, 0.2) is 30.3 Å². The molecular weight excluding hydrogens is 269 g/mol. The molecule has 1 aromatic heterocycles. The minimum atomic E-state index is 0.331. The molecule has 0 spiro atoms. The fourth-order valence-corrected chi connectivity index (χ4v) is 2.01. The highest BCUT2D eigenvalue weighted by atomic mass is 35.5. The molecule has 0 aliphatic heterocycles. The summed E-state index contributed by atoms with van der Waals surface area (Å²) in [5, 5.41) is 11.3. The Morgan fingerprint density at radius 1 is 1.17 bits per heavy atom. The highest BCUT2D eigenvalue weighted by molar-refractivity contribution is 6.33. The maximum atomic E-state index is 5.91. The zero-order valence-corrected chi connectivity index (χ0v) is 11.5. The van der Waals surface area contributed by atoms with Gasteiger partial charge in [-0.15, -0.1) is 10.2 Å². The molecule has 0 fully saturated rings. The van der Waals surface area contributed by atoms with E-state index < -0.39 is 0 Å². The first-order valence-electron chi connectivity index (χ1n) is 5.64. The summed E-state index contributed by atoms with van der Waals surface area (Å²) in [6.07, 6.45) is 0.920. The van der Waals surface area contributed by atoms with E-state index in [4.69, 9.17) is 23.2 Å². The van der Waals surface area contributed by atoms with Crippen LogP contribution in [-0.4, -0.2) is 16.7 Å². The van der Waals surface area contributed by atoms with E-state index in [-0.39, 0.29) is 0 Å². The summed E-state index contributed by atoms with van der Waals surface area (Å²) in [6, 6.07) is 9.98. The molecule has 1 aromatic carbocycles. The Morgan fingerprint density at radius 3 is 2.72 bits per heavy atom. The standard InChI is InChI=1S/C13H13Cl2N3/c1-9-4-2-3-5-10(9)6-7-16-11-8-12(14)17-18-13(11)15/h2-5,8H,6-7H2,1H3,(H,16,17). The van der Waals surface area contributed by atoms with Crippen molar-refractivity contribution in [3.05, 3.63) is 51.8 Å². The second-order valence-electron chi connectivity index (χ2n) is 3.97. The zero-order chi connectivity index (χ0) is 13.0. The number of nitrogens with zero attached hydrogens (tertiary/aromatic N) is 2. The van der Waals surface area contributed by atoms with Crippen LogP contribution in [0.25, 0.3) is 0 Å². The van der Waals surface area contributed by atoms with Gasteiger partial charge in [0, 0.05) is 12.6 Å². The van der Waals surface area contributed by atoms with Crippen molar-refractivity contribution in [3.63, 3.8) is 0 Å². The SMILES string of the molecule is Cc1ccccc1CCNc1cc(Cl)nnc1Cl. The van der Waals surface area contributed by atoms with E-state index in [2.05, 4.69) is 34.6 Å². The quantitative estimate of drug-likeness (QED) is 0.928. The van der Waals surface area contributed by atoms with Crippen LogP contribution in [0.4, 0.5) is 5.69 Å². The van der Waals surface area contributed by atoms with E-state index in [0.717, 1.165) is 13.0 Å². The average Bonchev–Trinajstić information content (AvgIpc) is 2.36. The number of nitrogens with one attached hydrogen (secondary N) is 1. The van der Waals surface area contributed by atoms with Gasteiger partial charge in [0.05, 0.1) is 5.69 Å². The van der Waals surface area contributed by atoms with Crippen molar-refractivity contribution < 1.29 is 0 Å². The Kier molecular flexibility index (Phi) is 4.39. The first kappa shape index (κ1) is 13.1. The fourth-order valence-electron chi connectivity index (χ4n) is 1.70. The topological polar surface area (TPSA) is 37.8 Å². The maximum Gasteiger partial charge on any atom is 0.174 e.